The largest absolute Gasteiger partial charge is 0.394 e. The lowest BCUT2D eigenvalue weighted by molar-refractivity contribution is 0.164. The van der Waals surface area contributed by atoms with Crippen molar-refractivity contribution in [3.8, 4) is 0 Å². The number of rotatable bonds is 2. The van der Waals surface area contributed by atoms with Gasteiger partial charge in [0.2, 0.25) is 0 Å². The average molecular weight is 155 g/mol. The SMILES string of the molecule is CC(C)(CO)n1cnc(N)c1. The lowest BCUT2D eigenvalue weighted by atomic mass is 10.1. The molecule has 4 heteroatoms. The highest BCUT2D eigenvalue weighted by atomic mass is 16.3. The zero-order chi connectivity index (χ0) is 8.48. The van der Waals surface area contributed by atoms with Crippen LogP contribution in [0.3, 0.4) is 0 Å². The minimum atomic E-state index is -0.315. The maximum absolute atomic E-state index is 8.97. The normalized spacial score (nSPS) is 11.9. The fourth-order valence-electron chi connectivity index (χ4n) is 0.751. The van der Waals surface area contributed by atoms with Crippen LogP contribution in [-0.2, 0) is 5.54 Å². The van der Waals surface area contributed by atoms with E-state index in [1.807, 2.05) is 13.8 Å². The summed E-state index contributed by atoms with van der Waals surface area (Å²) >= 11 is 0. The van der Waals surface area contributed by atoms with Crippen LogP contribution in [0.1, 0.15) is 13.8 Å². The first kappa shape index (κ1) is 8.07. The number of nitrogens with zero attached hydrogens (tertiary/aromatic N) is 2. The van der Waals surface area contributed by atoms with Crippen molar-refractivity contribution in [2.75, 3.05) is 12.3 Å². The second kappa shape index (κ2) is 2.54. The third-order valence-electron chi connectivity index (χ3n) is 1.69. The van der Waals surface area contributed by atoms with Gasteiger partial charge < -0.3 is 15.4 Å². The van der Waals surface area contributed by atoms with Crippen molar-refractivity contribution in [3.05, 3.63) is 12.5 Å². The molecule has 1 aromatic heterocycles. The van der Waals surface area contributed by atoms with E-state index in [1.165, 1.54) is 0 Å². The third-order valence-corrected chi connectivity index (χ3v) is 1.69. The highest BCUT2D eigenvalue weighted by Crippen LogP contribution is 2.14. The molecule has 0 aliphatic heterocycles. The van der Waals surface area contributed by atoms with Crippen LogP contribution in [0.25, 0.3) is 0 Å². The number of hydrogen-bond donors (Lipinski definition) is 2. The summed E-state index contributed by atoms with van der Waals surface area (Å²) in [6, 6.07) is 0. The number of anilines is 1. The Balaban J connectivity index is 2.92. The van der Waals surface area contributed by atoms with Gasteiger partial charge >= 0.3 is 0 Å². The molecule has 1 rings (SSSR count). The molecule has 4 nitrogen and oxygen atoms in total. The molecule has 0 amide bonds. The topological polar surface area (TPSA) is 64.1 Å². The van der Waals surface area contributed by atoms with Crippen molar-refractivity contribution in [1.82, 2.24) is 9.55 Å². The van der Waals surface area contributed by atoms with Gasteiger partial charge in [0.05, 0.1) is 18.5 Å². The molecule has 0 aliphatic carbocycles. The molecule has 0 spiro atoms. The summed E-state index contributed by atoms with van der Waals surface area (Å²) in [5, 5.41) is 8.97. The second-order valence-electron chi connectivity index (χ2n) is 3.18. The van der Waals surface area contributed by atoms with Gasteiger partial charge in [-0.1, -0.05) is 0 Å². The van der Waals surface area contributed by atoms with E-state index in [4.69, 9.17) is 10.8 Å². The standard InChI is InChI=1S/C7H13N3O/c1-7(2,4-11)10-3-6(8)9-5-10/h3,5,11H,4,8H2,1-2H3. The summed E-state index contributed by atoms with van der Waals surface area (Å²) in [5.41, 5.74) is 5.10. The van der Waals surface area contributed by atoms with E-state index in [2.05, 4.69) is 4.98 Å². The van der Waals surface area contributed by atoms with Gasteiger partial charge in [-0.05, 0) is 13.8 Å². The Hall–Kier alpha value is -1.03. The number of nitrogen functional groups attached to an aromatic ring is 1. The molecule has 0 bridgehead atoms. The van der Waals surface area contributed by atoms with Crippen LogP contribution in [-0.4, -0.2) is 21.3 Å². The summed E-state index contributed by atoms with van der Waals surface area (Å²) < 4.78 is 1.79. The second-order valence-corrected chi connectivity index (χ2v) is 3.18. The van der Waals surface area contributed by atoms with E-state index in [9.17, 15) is 0 Å². The summed E-state index contributed by atoms with van der Waals surface area (Å²) in [7, 11) is 0. The fourth-order valence-corrected chi connectivity index (χ4v) is 0.751. The summed E-state index contributed by atoms with van der Waals surface area (Å²) in [4.78, 5) is 3.86. The first-order valence-electron chi connectivity index (χ1n) is 3.47. The van der Waals surface area contributed by atoms with Crippen LogP contribution in [0.4, 0.5) is 5.82 Å². The van der Waals surface area contributed by atoms with Crippen molar-refractivity contribution < 1.29 is 5.11 Å². The van der Waals surface area contributed by atoms with Gasteiger partial charge in [0.1, 0.15) is 5.82 Å². The quantitative estimate of drug-likeness (QED) is 0.641. The van der Waals surface area contributed by atoms with Crippen molar-refractivity contribution in [1.29, 1.82) is 0 Å². The number of aliphatic hydroxyl groups excluding tert-OH is 1. The maximum atomic E-state index is 8.97. The van der Waals surface area contributed by atoms with Gasteiger partial charge in [0.15, 0.2) is 0 Å². The Morgan fingerprint density at radius 3 is 2.73 bits per heavy atom. The average Bonchev–Trinajstić information content (AvgIpc) is 2.36. The molecular weight excluding hydrogens is 142 g/mol. The predicted octanol–water partition coefficient (Wildman–Crippen LogP) is 0.193. The highest BCUT2D eigenvalue weighted by molar-refractivity contribution is 5.23. The van der Waals surface area contributed by atoms with Gasteiger partial charge in [-0.15, -0.1) is 0 Å². The Labute approximate surface area is 65.7 Å². The minimum absolute atomic E-state index is 0.0722. The van der Waals surface area contributed by atoms with E-state index in [0.717, 1.165) is 0 Å². The highest BCUT2D eigenvalue weighted by Gasteiger charge is 2.18. The lowest BCUT2D eigenvalue weighted by Crippen LogP contribution is -2.29. The van der Waals surface area contributed by atoms with Crippen molar-refractivity contribution in [2.45, 2.75) is 19.4 Å². The van der Waals surface area contributed by atoms with Crippen LogP contribution < -0.4 is 5.73 Å². The van der Waals surface area contributed by atoms with E-state index in [1.54, 1.807) is 17.1 Å². The summed E-state index contributed by atoms with van der Waals surface area (Å²) in [6.45, 7) is 3.89. The summed E-state index contributed by atoms with van der Waals surface area (Å²) in [6.07, 6.45) is 3.32. The van der Waals surface area contributed by atoms with Gasteiger partial charge in [0, 0.05) is 6.20 Å². The molecule has 3 N–H and O–H groups in total. The molecule has 62 valence electrons. The Kier molecular flexibility index (Phi) is 1.87. The van der Waals surface area contributed by atoms with E-state index in [0.29, 0.717) is 5.82 Å². The molecule has 0 saturated heterocycles. The van der Waals surface area contributed by atoms with Gasteiger partial charge in [-0.3, -0.25) is 0 Å². The smallest absolute Gasteiger partial charge is 0.141 e. The number of hydrogen-bond acceptors (Lipinski definition) is 3. The lowest BCUT2D eigenvalue weighted by Gasteiger charge is -2.22. The molecule has 0 saturated carbocycles. The van der Waals surface area contributed by atoms with Crippen LogP contribution >= 0.6 is 0 Å². The van der Waals surface area contributed by atoms with Crippen LogP contribution in [0.15, 0.2) is 12.5 Å². The zero-order valence-corrected chi connectivity index (χ0v) is 6.78. The first-order chi connectivity index (χ1) is 5.06. The molecule has 11 heavy (non-hydrogen) atoms. The first-order valence-corrected chi connectivity index (χ1v) is 3.47. The fraction of sp³-hybridized carbons (Fsp3) is 0.571. The molecule has 0 aromatic carbocycles. The number of aliphatic hydroxyl groups is 1. The molecule has 0 fully saturated rings. The van der Waals surface area contributed by atoms with Crippen LogP contribution in [0.2, 0.25) is 0 Å². The summed E-state index contributed by atoms with van der Waals surface area (Å²) in [5.74, 6) is 0.478. The number of nitrogens with two attached hydrogens (primary N) is 1. The van der Waals surface area contributed by atoms with Gasteiger partial charge in [-0.2, -0.15) is 0 Å². The molecular formula is C7H13N3O. The molecule has 1 aromatic rings. The van der Waals surface area contributed by atoms with E-state index < -0.39 is 0 Å². The van der Waals surface area contributed by atoms with E-state index >= 15 is 0 Å². The molecule has 0 atom stereocenters. The number of imidazole rings is 1. The molecule has 0 unspecified atom stereocenters. The van der Waals surface area contributed by atoms with Gasteiger partial charge in [0.25, 0.3) is 0 Å². The zero-order valence-electron chi connectivity index (χ0n) is 6.78. The van der Waals surface area contributed by atoms with Gasteiger partial charge in [-0.25, -0.2) is 4.98 Å². The van der Waals surface area contributed by atoms with Crippen LogP contribution in [0.5, 0.6) is 0 Å². The van der Waals surface area contributed by atoms with Crippen LogP contribution in [0, 0.1) is 0 Å². The maximum Gasteiger partial charge on any atom is 0.141 e. The molecule has 0 radical (unpaired) electrons. The van der Waals surface area contributed by atoms with Crippen molar-refractivity contribution in [3.63, 3.8) is 0 Å². The van der Waals surface area contributed by atoms with E-state index in [-0.39, 0.29) is 12.1 Å². The molecule has 1 heterocycles. The third kappa shape index (κ3) is 1.51. The minimum Gasteiger partial charge on any atom is -0.394 e. The predicted molar refractivity (Wildman–Crippen MR) is 43.0 cm³/mol. The Morgan fingerprint density at radius 1 is 1.73 bits per heavy atom. The Morgan fingerprint density at radius 2 is 2.36 bits per heavy atom. The van der Waals surface area contributed by atoms with Crippen molar-refractivity contribution >= 4 is 5.82 Å². The Bertz CT molecular complexity index is 242. The molecule has 0 aliphatic rings. The monoisotopic (exact) mass is 155 g/mol. The number of aromatic nitrogens is 2. The van der Waals surface area contributed by atoms with Crippen molar-refractivity contribution in [2.24, 2.45) is 0 Å².